The third-order valence-electron chi connectivity index (χ3n) is 2.44. The summed E-state index contributed by atoms with van der Waals surface area (Å²) in [5, 5.41) is 0. The Hall–Kier alpha value is -0.570. The number of carbonyl (C=O) groups is 1. The molecule has 0 amide bonds. The molecule has 0 bridgehead atoms. The van der Waals surface area contributed by atoms with Gasteiger partial charge < -0.3 is 4.74 Å². The zero-order valence-electron chi connectivity index (χ0n) is 10.4. The Bertz CT molecular complexity index is 189. The average molecular weight is 201 g/mol. The second-order valence-electron chi connectivity index (χ2n) is 4.65. The normalized spacial score (nSPS) is 12.7. The van der Waals surface area contributed by atoms with E-state index in [0.717, 1.165) is 0 Å². The first-order valence-electron chi connectivity index (χ1n) is 5.12. The zero-order valence-corrected chi connectivity index (χ0v) is 10.4. The van der Waals surface area contributed by atoms with E-state index in [-0.39, 0.29) is 5.97 Å². The monoisotopic (exact) mass is 201 g/mol. The molecule has 0 heterocycles. The Balaban J connectivity index is 4.89. The fourth-order valence-electron chi connectivity index (χ4n) is 2.24. The molecule has 0 spiro atoms. The van der Waals surface area contributed by atoms with Gasteiger partial charge in [-0.2, -0.15) is 0 Å². The van der Waals surface area contributed by atoms with E-state index in [9.17, 15) is 4.79 Å². The van der Waals surface area contributed by atoms with Crippen molar-refractivity contribution in [2.45, 2.75) is 59.2 Å². The smallest absolute Gasteiger partial charge is 0.325 e. The van der Waals surface area contributed by atoms with Crippen LogP contribution < -0.4 is 0 Å². The molecule has 0 aromatic heterocycles. The fourth-order valence-corrected chi connectivity index (χ4v) is 2.24. The summed E-state index contributed by atoms with van der Waals surface area (Å²) >= 11 is 0. The highest BCUT2D eigenvalue weighted by atomic mass is 16.5. The van der Waals surface area contributed by atoms with Crippen LogP contribution in [0.3, 0.4) is 0 Å². The van der Waals surface area contributed by atoms with Gasteiger partial charge in [-0.05, 0) is 41.5 Å². The summed E-state index contributed by atoms with van der Waals surface area (Å²) in [6.45, 7) is 12.2. The van der Waals surface area contributed by atoms with Crippen molar-refractivity contribution in [3.63, 3.8) is 0 Å². The molecule has 0 unspecified atom stereocenters. The fraction of sp³-hybridized carbons (Fsp3) is 0.909. The largest absolute Gasteiger partial charge is 0.468 e. The quantitative estimate of drug-likeness (QED) is 0.652. The molecule has 3 heteroatoms. The molecule has 3 nitrogen and oxygen atoms in total. The Kier molecular flexibility index (Phi) is 4.59. The second-order valence-corrected chi connectivity index (χ2v) is 4.65. The van der Waals surface area contributed by atoms with Crippen molar-refractivity contribution in [3.05, 3.63) is 0 Å². The minimum Gasteiger partial charge on any atom is -0.468 e. The molecular formula is C11H23NO2. The van der Waals surface area contributed by atoms with E-state index in [2.05, 4.69) is 32.6 Å². The maximum Gasteiger partial charge on any atom is 0.325 e. The summed E-state index contributed by atoms with van der Waals surface area (Å²) in [5.74, 6) is -0.181. The number of nitrogens with zero attached hydrogens (tertiary/aromatic N) is 1. The van der Waals surface area contributed by atoms with E-state index in [0.29, 0.717) is 12.1 Å². The molecule has 0 saturated heterocycles. The van der Waals surface area contributed by atoms with Gasteiger partial charge in [0.05, 0.1) is 7.11 Å². The van der Waals surface area contributed by atoms with Crippen LogP contribution in [-0.4, -0.2) is 35.6 Å². The van der Waals surface area contributed by atoms with Crippen LogP contribution in [-0.2, 0) is 9.53 Å². The van der Waals surface area contributed by atoms with Gasteiger partial charge in [0.25, 0.3) is 0 Å². The summed E-state index contributed by atoms with van der Waals surface area (Å²) in [5.41, 5.74) is -0.558. The van der Waals surface area contributed by atoms with E-state index in [4.69, 9.17) is 4.74 Å². The van der Waals surface area contributed by atoms with Gasteiger partial charge in [0, 0.05) is 12.1 Å². The maximum absolute atomic E-state index is 11.6. The van der Waals surface area contributed by atoms with E-state index < -0.39 is 5.54 Å². The predicted molar refractivity (Wildman–Crippen MR) is 58.2 cm³/mol. The molecule has 0 saturated carbocycles. The topological polar surface area (TPSA) is 29.5 Å². The molecule has 0 aromatic carbocycles. The number of methoxy groups -OCH3 is 1. The van der Waals surface area contributed by atoms with Crippen molar-refractivity contribution in [2.75, 3.05) is 7.11 Å². The molecule has 0 aliphatic heterocycles. The molecule has 84 valence electrons. The van der Waals surface area contributed by atoms with Crippen LogP contribution in [0.4, 0.5) is 0 Å². The van der Waals surface area contributed by atoms with Gasteiger partial charge in [0.1, 0.15) is 5.54 Å². The van der Waals surface area contributed by atoms with Crippen LogP contribution in [0.15, 0.2) is 0 Å². The molecule has 0 atom stereocenters. The minimum atomic E-state index is -0.558. The Morgan fingerprint density at radius 2 is 1.50 bits per heavy atom. The molecule has 0 aliphatic carbocycles. The SMILES string of the molecule is COC(=O)C(C)(C)N(C(C)C)C(C)C. The highest BCUT2D eigenvalue weighted by molar-refractivity contribution is 5.79. The molecule has 0 rings (SSSR count). The number of hydrogen-bond donors (Lipinski definition) is 0. The van der Waals surface area contributed by atoms with Crippen molar-refractivity contribution < 1.29 is 9.53 Å². The number of esters is 1. The lowest BCUT2D eigenvalue weighted by Gasteiger charge is -2.42. The maximum atomic E-state index is 11.6. The number of carbonyl (C=O) groups excluding carboxylic acids is 1. The first kappa shape index (κ1) is 13.4. The lowest BCUT2D eigenvalue weighted by molar-refractivity contribution is -0.156. The number of rotatable bonds is 4. The Morgan fingerprint density at radius 1 is 1.14 bits per heavy atom. The third kappa shape index (κ3) is 2.71. The number of ether oxygens (including phenoxy) is 1. The van der Waals surface area contributed by atoms with Crippen molar-refractivity contribution in [1.82, 2.24) is 4.90 Å². The first-order valence-corrected chi connectivity index (χ1v) is 5.12. The third-order valence-corrected chi connectivity index (χ3v) is 2.44. The zero-order chi connectivity index (χ0) is 11.5. The lowest BCUT2D eigenvalue weighted by atomic mass is 9.98. The highest BCUT2D eigenvalue weighted by Crippen LogP contribution is 2.22. The van der Waals surface area contributed by atoms with Crippen LogP contribution in [0, 0.1) is 0 Å². The molecule has 0 radical (unpaired) electrons. The highest BCUT2D eigenvalue weighted by Gasteiger charge is 2.38. The van der Waals surface area contributed by atoms with E-state index >= 15 is 0 Å². The van der Waals surface area contributed by atoms with Gasteiger partial charge in [-0.15, -0.1) is 0 Å². The van der Waals surface area contributed by atoms with Gasteiger partial charge >= 0.3 is 5.97 Å². The minimum absolute atomic E-state index is 0.181. The van der Waals surface area contributed by atoms with Crippen LogP contribution in [0.2, 0.25) is 0 Å². The molecule has 0 fully saturated rings. The molecule has 14 heavy (non-hydrogen) atoms. The predicted octanol–water partition coefficient (Wildman–Crippen LogP) is 2.06. The molecule has 0 N–H and O–H groups in total. The summed E-state index contributed by atoms with van der Waals surface area (Å²) in [6, 6.07) is 0.646. The van der Waals surface area contributed by atoms with Gasteiger partial charge in [-0.25, -0.2) is 0 Å². The van der Waals surface area contributed by atoms with Crippen LogP contribution in [0.25, 0.3) is 0 Å². The van der Waals surface area contributed by atoms with Crippen molar-refractivity contribution in [3.8, 4) is 0 Å². The van der Waals surface area contributed by atoms with E-state index in [1.165, 1.54) is 7.11 Å². The van der Waals surface area contributed by atoms with Crippen molar-refractivity contribution in [2.24, 2.45) is 0 Å². The second kappa shape index (κ2) is 4.78. The molecule has 0 aromatic rings. The summed E-state index contributed by atoms with van der Waals surface area (Å²) in [6.07, 6.45) is 0. The summed E-state index contributed by atoms with van der Waals surface area (Å²) in [4.78, 5) is 13.8. The lowest BCUT2D eigenvalue weighted by Crippen LogP contribution is -2.56. The first-order chi connectivity index (χ1) is 6.25. The average Bonchev–Trinajstić information content (AvgIpc) is 2.00. The summed E-state index contributed by atoms with van der Waals surface area (Å²) in [7, 11) is 1.43. The van der Waals surface area contributed by atoms with Crippen LogP contribution >= 0.6 is 0 Å². The van der Waals surface area contributed by atoms with Gasteiger partial charge in [-0.3, -0.25) is 9.69 Å². The van der Waals surface area contributed by atoms with Gasteiger partial charge in [0.15, 0.2) is 0 Å². The van der Waals surface area contributed by atoms with Crippen LogP contribution in [0.5, 0.6) is 0 Å². The van der Waals surface area contributed by atoms with Crippen molar-refractivity contribution >= 4 is 5.97 Å². The van der Waals surface area contributed by atoms with Gasteiger partial charge in [-0.1, -0.05) is 0 Å². The number of hydrogen-bond acceptors (Lipinski definition) is 3. The van der Waals surface area contributed by atoms with Gasteiger partial charge in [0.2, 0.25) is 0 Å². The molecular weight excluding hydrogens is 178 g/mol. The Morgan fingerprint density at radius 3 is 1.71 bits per heavy atom. The van der Waals surface area contributed by atoms with Crippen molar-refractivity contribution in [1.29, 1.82) is 0 Å². The van der Waals surface area contributed by atoms with E-state index in [1.807, 2.05) is 13.8 Å². The van der Waals surface area contributed by atoms with Crippen LogP contribution in [0.1, 0.15) is 41.5 Å². The van der Waals surface area contributed by atoms with E-state index in [1.54, 1.807) is 0 Å². The summed E-state index contributed by atoms with van der Waals surface area (Å²) < 4.78 is 4.82. The Labute approximate surface area is 87.4 Å². The standard InChI is InChI=1S/C11H23NO2/c1-8(2)12(9(3)4)11(5,6)10(13)14-7/h8-9H,1-7H3. The molecule has 0 aliphatic rings.